The standard InChI is InChI=1S/C9H11.C7H7.Y/c1-2-6-9-7-4-3-5-8-9;1-7-5-3-2-4-6-7;/h4-5,7-8H,2,6H2,1H3;3-6H,1H3;/q2*-1;. The summed E-state index contributed by atoms with van der Waals surface area (Å²) in [5, 5.41) is 0. The Hall–Kier alpha value is -0.456. The van der Waals surface area contributed by atoms with E-state index in [-0.39, 0.29) is 32.7 Å². The van der Waals surface area contributed by atoms with Gasteiger partial charge in [-0.25, -0.2) is 0 Å². The van der Waals surface area contributed by atoms with Gasteiger partial charge in [-0.15, -0.1) is 0 Å². The van der Waals surface area contributed by atoms with Gasteiger partial charge in [0.1, 0.15) is 0 Å². The van der Waals surface area contributed by atoms with Crippen LogP contribution in [-0.4, -0.2) is 0 Å². The molecule has 87 valence electrons. The molecule has 0 bridgehead atoms. The molecule has 1 heteroatoms. The normalized spacial score (nSPS) is 8.59. The molecule has 1 radical (unpaired) electrons. The molecule has 0 aliphatic carbocycles. The Bertz CT molecular complexity index is 367. The Labute approximate surface area is 130 Å². The molecule has 17 heavy (non-hydrogen) atoms. The van der Waals surface area contributed by atoms with Gasteiger partial charge >= 0.3 is 0 Å². The van der Waals surface area contributed by atoms with Crippen LogP contribution < -0.4 is 0 Å². The van der Waals surface area contributed by atoms with Crippen molar-refractivity contribution < 1.29 is 32.7 Å². The Morgan fingerprint density at radius 3 is 1.71 bits per heavy atom. The topological polar surface area (TPSA) is 0 Å². The largest absolute Gasteiger partial charge is 0.184 e. The van der Waals surface area contributed by atoms with Crippen molar-refractivity contribution in [2.75, 3.05) is 0 Å². The van der Waals surface area contributed by atoms with Gasteiger partial charge < -0.3 is 0 Å². The van der Waals surface area contributed by atoms with E-state index in [1.54, 1.807) is 0 Å². The number of hydrogen-bond donors (Lipinski definition) is 0. The maximum atomic E-state index is 2.99. The molecule has 0 saturated heterocycles. The van der Waals surface area contributed by atoms with Crippen LogP contribution in [0.25, 0.3) is 0 Å². The van der Waals surface area contributed by atoms with E-state index in [2.05, 4.69) is 38.1 Å². The van der Waals surface area contributed by atoms with E-state index in [0.717, 1.165) is 0 Å². The van der Waals surface area contributed by atoms with Crippen LogP contribution in [0.1, 0.15) is 24.5 Å². The maximum Gasteiger partial charge on any atom is 0 e. The van der Waals surface area contributed by atoms with Crippen molar-refractivity contribution in [3.05, 3.63) is 71.8 Å². The van der Waals surface area contributed by atoms with Gasteiger partial charge in [-0.3, -0.25) is 0 Å². The summed E-state index contributed by atoms with van der Waals surface area (Å²) >= 11 is 0. The third-order valence-corrected chi connectivity index (χ3v) is 2.21. The van der Waals surface area contributed by atoms with Crippen LogP contribution in [0.3, 0.4) is 0 Å². The zero-order valence-corrected chi connectivity index (χ0v) is 13.4. The van der Waals surface area contributed by atoms with Crippen LogP contribution in [0, 0.1) is 19.1 Å². The fourth-order valence-corrected chi connectivity index (χ4v) is 1.35. The van der Waals surface area contributed by atoms with Crippen molar-refractivity contribution in [1.82, 2.24) is 0 Å². The molecule has 0 spiro atoms. The van der Waals surface area contributed by atoms with Crippen molar-refractivity contribution >= 4 is 0 Å². The van der Waals surface area contributed by atoms with E-state index >= 15 is 0 Å². The summed E-state index contributed by atoms with van der Waals surface area (Å²) < 4.78 is 0. The van der Waals surface area contributed by atoms with Gasteiger partial charge in [-0.1, -0.05) is 26.7 Å². The molecule has 0 saturated carbocycles. The van der Waals surface area contributed by atoms with Crippen LogP contribution in [0.4, 0.5) is 0 Å². The number of hydrogen-bond acceptors (Lipinski definition) is 0. The van der Waals surface area contributed by atoms with Crippen molar-refractivity contribution in [3.8, 4) is 0 Å². The van der Waals surface area contributed by atoms with Gasteiger partial charge in [0.05, 0.1) is 0 Å². The first kappa shape index (κ1) is 16.5. The molecular formula is C16H18Y-2. The fourth-order valence-electron chi connectivity index (χ4n) is 1.35. The summed E-state index contributed by atoms with van der Waals surface area (Å²) in [5.74, 6) is 0. The van der Waals surface area contributed by atoms with Gasteiger partial charge in [0, 0.05) is 32.7 Å². The maximum absolute atomic E-state index is 2.99. The van der Waals surface area contributed by atoms with Crippen LogP contribution in [-0.2, 0) is 39.1 Å². The minimum Gasteiger partial charge on any atom is -0.184 e. The molecule has 0 fully saturated rings. The minimum atomic E-state index is 0. The Kier molecular flexibility index (Phi) is 10.4. The molecule has 0 atom stereocenters. The van der Waals surface area contributed by atoms with Crippen molar-refractivity contribution in [1.29, 1.82) is 0 Å². The van der Waals surface area contributed by atoms with Gasteiger partial charge in [-0.2, -0.15) is 71.8 Å². The van der Waals surface area contributed by atoms with Crippen LogP contribution >= 0.6 is 0 Å². The quantitative estimate of drug-likeness (QED) is 0.728. The summed E-state index contributed by atoms with van der Waals surface area (Å²) in [4.78, 5) is 0. The summed E-state index contributed by atoms with van der Waals surface area (Å²) in [5.41, 5.74) is 2.70. The molecule has 0 heterocycles. The molecule has 2 aromatic rings. The third-order valence-electron chi connectivity index (χ3n) is 2.21. The van der Waals surface area contributed by atoms with Gasteiger partial charge in [0.25, 0.3) is 0 Å². The summed E-state index contributed by atoms with van der Waals surface area (Å²) in [7, 11) is 0. The van der Waals surface area contributed by atoms with Crippen LogP contribution in [0.2, 0.25) is 0 Å². The predicted molar refractivity (Wildman–Crippen MR) is 69.3 cm³/mol. The Balaban J connectivity index is 0.000000292. The molecule has 0 N–H and O–H groups in total. The predicted octanol–water partition coefficient (Wildman–Crippen LogP) is 4.23. The SMILES string of the molecule is CCCc1cc[c-]cc1.Cc1cc[c-]cc1.[Y]. The summed E-state index contributed by atoms with van der Waals surface area (Å²) in [6.45, 7) is 4.25. The molecular weight excluding hydrogens is 281 g/mol. The number of benzene rings is 2. The van der Waals surface area contributed by atoms with E-state index in [1.165, 1.54) is 24.0 Å². The average Bonchev–Trinajstić information content (AvgIpc) is 2.33. The minimum absolute atomic E-state index is 0. The van der Waals surface area contributed by atoms with E-state index in [4.69, 9.17) is 0 Å². The second kappa shape index (κ2) is 10.7. The second-order valence-electron chi connectivity index (χ2n) is 3.74. The van der Waals surface area contributed by atoms with Crippen molar-refractivity contribution in [2.24, 2.45) is 0 Å². The molecule has 0 unspecified atom stereocenters. The molecule has 0 amide bonds. The monoisotopic (exact) mass is 299 g/mol. The van der Waals surface area contributed by atoms with Gasteiger partial charge in [0.2, 0.25) is 0 Å². The Morgan fingerprint density at radius 1 is 0.882 bits per heavy atom. The first-order chi connectivity index (χ1) is 7.83. The second-order valence-corrected chi connectivity index (χ2v) is 3.74. The van der Waals surface area contributed by atoms with E-state index < -0.39 is 0 Å². The fraction of sp³-hybridized carbons (Fsp3) is 0.250. The van der Waals surface area contributed by atoms with E-state index in [1.807, 2.05) is 36.4 Å². The number of aryl methyl sites for hydroxylation is 2. The van der Waals surface area contributed by atoms with Crippen LogP contribution in [0.5, 0.6) is 0 Å². The van der Waals surface area contributed by atoms with Gasteiger partial charge in [-0.05, 0) is 0 Å². The molecule has 0 aliphatic heterocycles. The first-order valence-electron chi connectivity index (χ1n) is 5.70. The van der Waals surface area contributed by atoms with Gasteiger partial charge in [0.15, 0.2) is 0 Å². The molecule has 0 aromatic heterocycles. The van der Waals surface area contributed by atoms with Crippen LogP contribution in [0.15, 0.2) is 48.5 Å². The molecule has 0 aliphatic rings. The summed E-state index contributed by atoms with van der Waals surface area (Å²) in [6, 6.07) is 22.0. The zero-order chi connectivity index (χ0) is 11.6. The molecule has 2 rings (SSSR count). The third kappa shape index (κ3) is 8.29. The number of rotatable bonds is 2. The summed E-state index contributed by atoms with van der Waals surface area (Å²) in [6.07, 6.45) is 2.42. The molecule has 0 nitrogen and oxygen atoms in total. The van der Waals surface area contributed by atoms with Crippen molar-refractivity contribution in [3.63, 3.8) is 0 Å². The average molecular weight is 299 g/mol. The Morgan fingerprint density at radius 2 is 1.35 bits per heavy atom. The van der Waals surface area contributed by atoms with E-state index in [0.29, 0.717) is 0 Å². The molecule has 2 aromatic carbocycles. The van der Waals surface area contributed by atoms with E-state index in [9.17, 15) is 0 Å². The van der Waals surface area contributed by atoms with Crippen molar-refractivity contribution in [2.45, 2.75) is 26.7 Å². The zero-order valence-electron chi connectivity index (χ0n) is 10.6. The first-order valence-corrected chi connectivity index (χ1v) is 5.70. The smallest absolute Gasteiger partial charge is 0 e.